The lowest BCUT2D eigenvalue weighted by molar-refractivity contribution is 1.10. The lowest BCUT2D eigenvalue weighted by Crippen LogP contribution is -2.02. The number of aromatic nitrogens is 3. The summed E-state index contributed by atoms with van der Waals surface area (Å²) in [4.78, 5) is 5.12. The Bertz CT molecular complexity index is 2180. The summed E-state index contributed by atoms with van der Waals surface area (Å²) in [5.74, 6) is 0.814. The third kappa shape index (κ3) is 2.61. The highest BCUT2D eigenvalue weighted by Crippen LogP contribution is 2.49. The zero-order valence-corrected chi connectivity index (χ0v) is 20.5. The Balaban J connectivity index is 1.40. The Morgan fingerprint density at radius 3 is 2.29 bits per heavy atom. The molecule has 0 fully saturated rings. The summed E-state index contributed by atoms with van der Waals surface area (Å²) in [5.41, 5.74) is 13.3. The van der Waals surface area contributed by atoms with Crippen LogP contribution in [0.1, 0.15) is 11.1 Å². The predicted octanol–water partition coefficient (Wildman–Crippen LogP) is 8.34. The molecule has 1 aliphatic rings. The lowest BCUT2D eigenvalue weighted by Gasteiger charge is -2.13. The van der Waals surface area contributed by atoms with Crippen LogP contribution in [-0.4, -0.2) is 14.0 Å². The van der Waals surface area contributed by atoms with Crippen LogP contribution in [0.5, 0.6) is 0 Å². The Morgan fingerprint density at radius 2 is 1.37 bits per heavy atom. The first-order chi connectivity index (χ1) is 18.9. The van der Waals surface area contributed by atoms with Gasteiger partial charge in [-0.15, -0.1) is 0 Å². The zero-order chi connectivity index (χ0) is 24.8. The van der Waals surface area contributed by atoms with Gasteiger partial charge in [-0.1, -0.05) is 78.9 Å². The fourth-order valence-corrected chi connectivity index (χ4v) is 6.31. The number of pyridine rings is 1. The lowest BCUT2D eigenvalue weighted by atomic mass is 10.0. The second-order valence-corrected chi connectivity index (χ2v) is 10.1. The maximum Gasteiger partial charge on any atom is 0.213 e. The normalized spacial score (nSPS) is 12.6. The number of fused-ring (bicyclic) bond motifs is 5. The smallest absolute Gasteiger partial charge is 0.213 e. The van der Waals surface area contributed by atoms with E-state index in [1.807, 2.05) is 0 Å². The third-order valence-electron chi connectivity index (χ3n) is 8.01. The van der Waals surface area contributed by atoms with Crippen LogP contribution in [-0.2, 0) is 6.42 Å². The summed E-state index contributed by atoms with van der Waals surface area (Å²) in [5, 5.41) is 6.41. The van der Waals surface area contributed by atoms with Crippen LogP contribution >= 0.6 is 0 Å². The molecule has 4 heteroatoms. The number of hydrogen-bond donors (Lipinski definition) is 1. The number of benzene rings is 4. The van der Waals surface area contributed by atoms with E-state index >= 15 is 0 Å². The number of imidazole rings is 1. The van der Waals surface area contributed by atoms with E-state index in [0.29, 0.717) is 0 Å². The van der Waals surface area contributed by atoms with Crippen LogP contribution in [0.2, 0.25) is 0 Å². The zero-order valence-electron chi connectivity index (χ0n) is 20.5. The van der Waals surface area contributed by atoms with Crippen molar-refractivity contribution in [3.63, 3.8) is 0 Å². The van der Waals surface area contributed by atoms with Gasteiger partial charge in [0, 0.05) is 22.0 Å². The van der Waals surface area contributed by atoms with E-state index in [1.54, 1.807) is 0 Å². The average Bonchev–Trinajstić information content (AvgIpc) is 3.43. The molecule has 1 N–H and O–H groups in total. The molecule has 0 atom stereocenters. The highest BCUT2D eigenvalue weighted by atomic mass is 15.2. The van der Waals surface area contributed by atoms with Crippen LogP contribution in [0.4, 0.5) is 11.6 Å². The summed E-state index contributed by atoms with van der Waals surface area (Å²) in [6.07, 6.45) is 1.06. The molecule has 0 saturated heterocycles. The molecule has 0 unspecified atom stereocenters. The van der Waals surface area contributed by atoms with Crippen molar-refractivity contribution < 1.29 is 0 Å². The van der Waals surface area contributed by atoms with Crippen molar-refractivity contribution in [2.45, 2.75) is 6.42 Å². The van der Waals surface area contributed by atoms with Crippen molar-refractivity contribution >= 4 is 50.0 Å². The molecule has 0 saturated carbocycles. The maximum absolute atomic E-state index is 5.12. The van der Waals surface area contributed by atoms with Crippen molar-refractivity contribution in [2.24, 2.45) is 0 Å². The molecule has 9 rings (SSSR count). The van der Waals surface area contributed by atoms with Crippen LogP contribution in [0.15, 0.2) is 115 Å². The molecule has 4 nitrogen and oxygen atoms in total. The largest absolute Gasteiger partial charge is 0.323 e. The highest BCUT2D eigenvalue weighted by molar-refractivity contribution is 6.20. The summed E-state index contributed by atoms with van der Waals surface area (Å²) >= 11 is 0. The third-order valence-corrected chi connectivity index (χ3v) is 8.01. The van der Waals surface area contributed by atoms with Crippen LogP contribution < -0.4 is 5.32 Å². The standard InChI is InChI=1S/C34H22N4/c1-2-11-22(12-3-1)37-29-17-7-6-16-27(29)35-34(37)36-32-31(24-15-8-10-21-20-26(21)24)30-19-9-18-28-23-13-4-5-14-25(23)33(32)38(28)30/h1-19H,20H2,(H,35,36). The minimum atomic E-state index is 0.814. The van der Waals surface area contributed by atoms with Gasteiger partial charge in [0.15, 0.2) is 0 Å². The van der Waals surface area contributed by atoms with Crippen molar-refractivity contribution in [1.82, 2.24) is 14.0 Å². The maximum atomic E-state index is 5.12. The number of hydrogen-bond acceptors (Lipinski definition) is 2. The van der Waals surface area contributed by atoms with E-state index < -0.39 is 0 Å². The van der Waals surface area contributed by atoms with Gasteiger partial charge in [0.2, 0.25) is 5.95 Å². The van der Waals surface area contributed by atoms with Crippen molar-refractivity contribution in [2.75, 3.05) is 5.32 Å². The minimum absolute atomic E-state index is 0.814. The highest BCUT2D eigenvalue weighted by Gasteiger charge is 2.29. The molecule has 1 aliphatic carbocycles. The Labute approximate surface area is 218 Å². The molecular formula is C34H22N4. The summed E-state index contributed by atoms with van der Waals surface area (Å²) in [6, 6.07) is 40.9. The first-order valence-corrected chi connectivity index (χ1v) is 13.0. The van der Waals surface area contributed by atoms with Gasteiger partial charge in [-0.2, -0.15) is 0 Å². The van der Waals surface area contributed by atoms with Gasteiger partial charge in [0.25, 0.3) is 0 Å². The Morgan fingerprint density at radius 1 is 0.632 bits per heavy atom. The van der Waals surface area contributed by atoms with Crippen molar-refractivity contribution in [3.8, 4) is 16.8 Å². The SMILES string of the molecule is c1ccc(-n2c(Nc3c(-c4cccc5c4C5)c4cccc5c6ccccc6c3n45)nc3ccccc32)cc1. The fourth-order valence-electron chi connectivity index (χ4n) is 6.31. The van der Waals surface area contributed by atoms with Crippen LogP contribution in [0, 0.1) is 0 Å². The summed E-state index contributed by atoms with van der Waals surface area (Å²) in [6.45, 7) is 0. The number of nitrogens with one attached hydrogen (secondary N) is 1. The Kier molecular flexibility index (Phi) is 3.81. The monoisotopic (exact) mass is 486 g/mol. The topological polar surface area (TPSA) is 34.3 Å². The average molecular weight is 487 g/mol. The fraction of sp³-hybridized carbons (Fsp3) is 0.0294. The van der Waals surface area contributed by atoms with Gasteiger partial charge in [-0.25, -0.2) is 4.98 Å². The second-order valence-electron chi connectivity index (χ2n) is 10.1. The molecule has 0 radical (unpaired) electrons. The number of nitrogens with zero attached hydrogens (tertiary/aromatic N) is 3. The summed E-state index contributed by atoms with van der Waals surface area (Å²) in [7, 11) is 0. The molecule has 0 bridgehead atoms. The molecule has 0 amide bonds. The van der Waals surface area contributed by atoms with E-state index in [9.17, 15) is 0 Å². The van der Waals surface area contributed by atoms with Gasteiger partial charge in [0.05, 0.1) is 33.3 Å². The van der Waals surface area contributed by atoms with Gasteiger partial charge in [0.1, 0.15) is 0 Å². The molecule has 0 aliphatic heterocycles. The molecule has 178 valence electrons. The van der Waals surface area contributed by atoms with E-state index in [2.05, 4.69) is 130 Å². The van der Waals surface area contributed by atoms with Crippen LogP contribution in [0.25, 0.3) is 55.2 Å². The van der Waals surface area contributed by atoms with E-state index in [1.165, 1.54) is 49.6 Å². The van der Waals surface area contributed by atoms with Crippen molar-refractivity contribution in [1.29, 1.82) is 0 Å². The van der Waals surface area contributed by atoms with Gasteiger partial charge >= 0.3 is 0 Å². The van der Waals surface area contributed by atoms with Crippen LogP contribution in [0.3, 0.4) is 0 Å². The second kappa shape index (κ2) is 7.24. The minimum Gasteiger partial charge on any atom is -0.323 e. The first kappa shape index (κ1) is 20.0. The van der Waals surface area contributed by atoms with Gasteiger partial charge in [-0.3, -0.25) is 4.57 Å². The molecular weight excluding hydrogens is 464 g/mol. The Hall–Kier alpha value is -5.09. The molecule has 4 heterocycles. The van der Waals surface area contributed by atoms with E-state index in [-0.39, 0.29) is 0 Å². The number of anilines is 2. The molecule has 0 spiro atoms. The van der Waals surface area contributed by atoms with Gasteiger partial charge in [-0.05, 0) is 59.5 Å². The predicted molar refractivity (Wildman–Crippen MR) is 156 cm³/mol. The number of rotatable bonds is 4. The first-order valence-electron chi connectivity index (χ1n) is 13.0. The molecule has 38 heavy (non-hydrogen) atoms. The number of para-hydroxylation sites is 3. The van der Waals surface area contributed by atoms with Crippen molar-refractivity contribution in [3.05, 3.63) is 126 Å². The quantitative estimate of drug-likeness (QED) is 0.271. The van der Waals surface area contributed by atoms with E-state index in [0.717, 1.165) is 34.8 Å². The van der Waals surface area contributed by atoms with E-state index in [4.69, 9.17) is 4.98 Å². The molecule has 4 aromatic carbocycles. The summed E-state index contributed by atoms with van der Waals surface area (Å²) < 4.78 is 4.66. The molecule has 8 aromatic rings. The molecule has 4 aromatic heterocycles. The van der Waals surface area contributed by atoms with Gasteiger partial charge < -0.3 is 9.72 Å².